The molecule has 1 saturated heterocycles. The predicted octanol–water partition coefficient (Wildman–Crippen LogP) is 1.44. The van der Waals surface area contributed by atoms with Gasteiger partial charge in [0.25, 0.3) is 0 Å². The van der Waals surface area contributed by atoms with Gasteiger partial charge in [-0.2, -0.15) is 0 Å². The summed E-state index contributed by atoms with van der Waals surface area (Å²) in [6.45, 7) is 4.23. The zero-order valence-electron chi connectivity index (χ0n) is 11.6. The fourth-order valence-electron chi connectivity index (χ4n) is 1.57. The van der Waals surface area contributed by atoms with Crippen LogP contribution >= 0.6 is 0 Å². The summed E-state index contributed by atoms with van der Waals surface area (Å²) in [5, 5.41) is 11.6. The van der Waals surface area contributed by atoms with Gasteiger partial charge in [-0.05, 0) is 17.7 Å². The SMILES string of the molecule is CC.COc1ccc(COC(=O)[C@@H]2CC(O)N2)cc1. The number of carbonyl (C=O) groups excluding carboxylic acids is 1. The Kier molecular flexibility index (Phi) is 6.32. The molecule has 0 bridgehead atoms. The summed E-state index contributed by atoms with van der Waals surface area (Å²) < 4.78 is 10.1. The Morgan fingerprint density at radius 3 is 2.42 bits per heavy atom. The van der Waals surface area contributed by atoms with Crippen molar-refractivity contribution < 1.29 is 19.4 Å². The molecule has 1 fully saturated rings. The zero-order valence-corrected chi connectivity index (χ0v) is 11.6. The van der Waals surface area contributed by atoms with E-state index in [9.17, 15) is 4.79 Å². The third-order valence-corrected chi connectivity index (χ3v) is 2.68. The standard InChI is InChI=1S/C12H15NO4.C2H6/c1-16-9-4-2-8(3-5-9)7-17-12(15)10-6-11(14)13-10;1-2/h2-5,10-11,13-14H,6-7H2,1H3;1-2H3/t10-,11?;/m0./s1. The zero-order chi connectivity index (χ0) is 14.3. The van der Waals surface area contributed by atoms with Crippen molar-refractivity contribution in [3.8, 4) is 5.75 Å². The predicted molar refractivity (Wildman–Crippen MR) is 71.7 cm³/mol. The van der Waals surface area contributed by atoms with Gasteiger partial charge < -0.3 is 14.6 Å². The van der Waals surface area contributed by atoms with E-state index in [-0.39, 0.29) is 18.6 Å². The molecule has 1 aromatic rings. The molecule has 0 spiro atoms. The average Bonchev–Trinajstić information content (AvgIpc) is 2.44. The second kappa shape index (κ2) is 7.76. The molecule has 2 N–H and O–H groups in total. The minimum atomic E-state index is -0.575. The van der Waals surface area contributed by atoms with Gasteiger partial charge in [-0.15, -0.1) is 0 Å². The maximum absolute atomic E-state index is 11.4. The molecular formula is C14H21NO4. The van der Waals surface area contributed by atoms with Crippen LogP contribution in [0.5, 0.6) is 5.75 Å². The van der Waals surface area contributed by atoms with Gasteiger partial charge in [-0.3, -0.25) is 10.1 Å². The topological polar surface area (TPSA) is 67.8 Å². The lowest BCUT2D eigenvalue weighted by Crippen LogP contribution is -2.56. The van der Waals surface area contributed by atoms with Crippen LogP contribution in [0.2, 0.25) is 0 Å². The van der Waals surface area contributed by atoms with Gasteiger partial charge in [0.05, 0.1) is 7.11 Å². The van der Waals surface area contributed by atoms with Crippen LogP contribution < -0.4 is 10.1 Å². The number of aliphatic hydroxyl groups excluding tert-OH is 1. The fraction of sp³-hybridized carbons (Fsp3) is 0.500. The number of ether oxygens (including phenoxy) is 2. The average molecular weight is 267 g/mol. The van der Waals surface area contributed by atoms with Gasteiger partial charge in [-0.1, -0.05) is 26.0 Å². The van der Waals surface area contributed by atoms with Gasteiger partial charge in [-0.25, -0.2) is 0 Å². The molecule has 2 atom stereocenters. The quantitative estimate of drug-likeness (QED) is 0.808. The lowest BCUT2D eigenvalue weighted by molar-refractivity contribution is -0.154. The van der Waals surface area contributed by atoms with Crippen LogP contribution in [0.3, 0.4) is 0 Å². The molecule has 1 unspecified atom stereocenters. The number of methoxy groups -OCH3 is 1. The molecule has 1 aliphatic heterocycles. The molecule has 5 heteroatoms. The number of benzene rings is 1. The van der Waals surface area contributed by atoms with Crippen LogP contribution in [0.1, 0.15) is 25.8 Å². The summed E-state index contributed by atoms with van der Waals surface area (Å²) in [4.78, 5) is 11.4. The van der Waals surface area contributed by atoms with E-state index in [4.69, 9.17) is 14.6 Å². The van der Waals surface area contributed by atoms with E-state index in [0.717, 1.165) is 11.3 Å². The van der Waals surface area contributed by atoms with Crippen LogP contribution in [-0.4, -0.2) is 30.5 Å². The minimum absolute atomic E-state index is 0.233. The number of hydrogen-bond donors (Lipinski definition) is 2. The number of carbonyl (C=O) groups is 1. The van der Waals surface area contributed by atoms with Gasteiger partial charge in [0.15, 0.2) is 0 Å². The number of nitrogens with one attached hydrogen (secondary N) is 1. The molecule has 0 aliphatic carbocycles. The molecule has 1 aromatic carbocycles. The largest absolute Gasteiger partial charge is 0.497 e. The Labute approximate surface area is 113 Å². The van der Waals surface area contributed by atoms with Crippen molar-refractivity contribution in [1.29, 1.82) is 0 Å². The van der Waals surface area contributed by atoms with Crippen molar-refractivity contribution >= 4 is 5.97 Å². The first kappa shape index (κ1) is 15.5. The monoisotopic (exact) mass is 267 g/mol. The smallest absolute Gasteiger partial charge is 0.323 e. The lowest BCUT2D eigenvalue weighted by Gasteiger charge is -2.31. The Morgan fingerprint density at radius 2 is 1.95 bits per heavy atom. The fourth-order valence-corrected chi connectivity index (χ4v) is 1.57. The van der Waals surface area contributed by atoms with Gasteiger partial charge in [0.1, 0.15) is 24.6 Å². The second-order valence-electron chi connectivity index (χ2n) is 3.93. The summed E-state index contributed by atoms with van der Waals surface area (Å²) in [7, 11) is 1.60. The van der Waals surface area contributed by atoms with Gasteiger partial charge >= 0.3 is 5.97 Å². The van der Waals surface area contributed by atoms with Crippen molar-refractivity contribution in [2.24, 2.45) is 0 Å². The number of aliphatic hydroxyl groups is 1. The van der Waals surface area contributed by atoms with E-state index in [0.29, 0.717) is 6.42 Å². The minimum Gasteiger partial charge on any atom is -0.497 e. The Morgan fingerprint density at radius 1 is 1.37 bits per heavy atom. The summed E-state index contributed by atoms with van der Waals surface area (Å²) in [5.74, 6) is 0.440. The molecule has 1 heterocycles. The van der Waals surface area contributed by atoms with Crippen molar-refractivity contribution in [2.75, 3.05) is 7.11 Å². The molecule has 106 valence electrons. The highest BCUT2D eigenvalue weighted by molar-refractivity contribution is 5.76. The Balaban J connectivity index is 0.000000861. The van der Waals surface area contributed by atoms with E-state index in [2.05, 4.69) is 5.32 Å². The molecule has 19 heavy (non-hydrogen) atoms. The highest BCUT2D eigenvalue weighted by Gasteiger charge is 2.33. The first-order valence-electron chi connectivity index (χ1n) is 6.42. The normalized spacial score (nSPS) is 20.6. The highest BCUT2D eigenvalue weighted by atomic mass is 16.5. The van der Waals surface area contributed by atoms with Crippen LogP contribution in [-0.2, 0) is 16.1 Å². The first-order valence-corrected chi connectivity index (χ1v) is 6.42. The molecular weight excluding hydrogens is 246 g/mol. The lowest BCUT2D eigenvalue weighted by atomic mass is 10.1. The summed E-state index contributed by atoms with van der Waals surface area (Å²) in [5.41, 5.74) is 0.902. The van der Waals surface area contributed by atoms with Crippen LogP contribution in [0, 0.1) is 0 Å². The van der Waals surface area contributed by atoms with Crippen LogP contribution in [0.15, 0.2) is 24.3 Å². The second-order valence-corrected chi connectivity index (χ2v) is 3.93. The highest BCUT2D eigenvalue weighted by Crippen LogP contribution is 2.14. The molecule has 5 nitrogen and oxygen atoms in total. The molecule has 1 aliphatic rings. The van der Waals surface area contributed by atoms with Crippen molar-refractivity contribution in [2.45, 2.75) is 39.1 Å². The van der Waals surface area contributed by atoms with E-state index in [1.165, 1.54) is 0 Å². The molecule has 2 rings (SSSR count). The molecule has 0 radical (unpaired) electrons. The van der Waals surface area contributed by atoms with Gasteiger partial charge in [0.2, 0.25) is 0 Å². The number of rotatable bonds is 4. The van der Waals surface area contributed by atoms with E-state index in [1.54, 1.807) is 7.11 Å². The maximum Gasteiger partial charge on any atom is 0.323 e. The van der Waals surface area contributed by atoms with Crippen molar-refractivity contribution in [3.63, 3.8) is 0 Å². The first-order chi connectivity index (χ1) is 9.19. The number of esters is 1. The molecule has 0 saturated carbocycles. The maximum atomic E-state index is 11.4. The number of hydrogen-bond acceptors (Lipinski definition) is 5. The van der Waals surface area contributed by atoms with Crippen molar-refractivity contribution in [1.82, 2.24) is 5.32 Å². The summed E-state index contributed by atoms with van der Waals surface area (Å²) in [6, 6.07) is 6.94. The molecule has 0 amide bonds. The molecule has 0 aromatic heterocycles. The Bertz CT molecular complexity index is 385. The third kappa shape index (κ3) is 4.54. The van der Waals surface area contributed by atoms with E-state index >= 15 is 0 Å². The summed E-state index contributed by atoms with van der Waals surface area (Å²) in [6.07, 6.45) is -0.157. The summed E-state index contributed by atoms with van der Waals surface area (Å²) >= 11 is 0. The van der Waals surface area contributed by atoms with Crippen LogP contribution in [0.4, 0.5) is 0 Å². The third-order valence-electron chi connectivity index (χ3n) is 2.68. The van der Waals surface area contributed by atoms with E-state index in [1.807, 2.05) is 38.1 Å². The Hall–Kier alpha value is -1.59. The van der Waals surface area contributed by atoms with Crippen LogP contribution in [0.25, 0.3) is 0 Å². The van der Waals surface area contributed by atoms with Crippen molar-refractivity contribution in [3.05, 3.63) is 29.8 Å². The van der Waals surface area contributed by atoms with Gasteiger partial charge in [0, 0.05) is 6.42 Å². The van der Waals surface area contributed by atoms with E-state index < -0.39 is 6.23 Å².